The first-order valence-corrected chi connectivity index (χ1v) is 10.0. The molecule has 1 aliphatic rings. The Bertz CT molecular complexity index is 1020. The monoisotopic (exact) mass is 448 g/mol. The van der Waals surface area contributed by atoms with Gasteiger partial charge in [0.1, 0.15) is 11.5 Å². The topological polar surface area (TPSA) is 70.1 Å². The first-order chi connectivity index (χ1) is 14.2. The number of aliphatic hydroxyl groups excluding tert-OH is 1. The third-order valence-corrected chi connectivity index (χ3v) is 5.45. The maximum absolute atomic E-state index is 12.9. The fourth-order valence-electron chi connectivity index (χ4n) is 3.41. The van der Waals surface area contributed by atoms with Crippen LogP contribution in [0.2, 0.25) is 10.0 Å². The van der Waals surface area contributed by atoms with E-state index >= 15 is 0 Å². The molecule has 0 bridgehead atoms. The first-order valence-electron chi connectivity index (χ1n) is 9.27. The molecule has 1 saturated heterocycles. The Hall–Kier alpha value is -2.54. The van der Waals surface area contributed by atoms with Gasteiger partial charge in [-0.2, -0.15) is 0 Å². The number of carbonyl (C=O) groups excluding carboxylic acids is 2. The number of likely N-dealkylation sites (N-methyl/N-ethyl adjacent to an activating group) is 1. The Morgan fingerprint density at radius 2 is 1.90 bits per heavy atom. The number of halogens is 2. The molecule has 8 heteroatoms. The molecule has 1 heterocycles. The predicted octanol–water partition coefficient (Wildman–Crippen LogP) is 3.99. The minimum atomic E-state index is -0.760. The van der Waals surface area contributed by atoms with Gasteiger partial charge in [0.2, 0.25) is 0 Å². The first kappa shape index (κ1) is 22.2. The molecule has 1 aliphatic heterocycles. The van der Waals surface area contributed by atoms with Crippen molar-refractivity contribution in [1.29, 1.82) is 0 Å². The lowest BCUT2D eigenvalue weighted by Crippen LogP contribution is -2.35. The second kappa shape index (κ2) is 9.08. The summed E-state index contributed by atoms with van der Waals surface area (Å²) in [7, 11) is 5.24. The molecule has 0 saturated carbocycles. The summed E-state index contributed by atoms with van der Waals surface area (Å²) in [6, 6.07) is 10.8. The van der Waals surface area contributed by atoms with Crippen molar-refractivity contribution in [3.63, 3.8) is 0 Å². The van der Waals surface area contributed by atoms with Crippen LogP contribution in [-0.2, 0) is 9.59 Å². The molecule has 0 aliphatic carbocycles. The number of aliphatic hydroxyl groups is 1. The lowest BCUT2D eigenvalue weighted by molar-refractivity contribution is -0.140. The number of amides is 1. The van der Waals surface area contributed by atoms with Gasteiger partial charge >= 0.3 is 0 Å². The molecular formula is C22H22Cl2N2O4. The van der Waals surface area contributed by atoms with Gasteiger partial charge in [-0.1, -0.05) is 35.3 Å². The molecule has 30 heavy (non-hydrogen) atoms. The van der Waals surface area contributed by atoms with Crippen molar-refractivity contribution < 1.29 is 19.4 Å². The summed E-state index contributed by atoms with van der Waals surface area (Å²) in [5, 5.41) is 11.8. The summed E-state index contributed by atoms with van der Waals surface area (Å²) >= 11 is 12.4. The van der Waals surface area contributed by atoms with Crippen molar-refractivity contribution >= 4 is 40.7 Å². The molecule has 1 amide bonds. The summed E-state index contributed by atoms with van der Waals surface area (Å²) < 4.78 is 5.14. The number of Topliss-reactive ketones (excluding diaryl/α,β-unsaturated/α-hetero) is 1. The molecule has 158 valence electrons. The molecule has 0 radical (unpaired) electrons. The van der Waals surface area contributed by atoms with Gasteiger partial charge in [0.25, 0.3) is 11.7 Å². The third kappa shape index (κ3) is 4.31. The second-order valence-corrected chi connectivity index (χ2v) is 8.04. The molecule has 0 aromatic heterocycles. The van der Waals surface area contributed by atoms with Gasteiger partial charge in [0.05, 0.1) is 23.7 Å². The zero-order valence-electron chi connectivity index (χ0n) is 16.9. The SMILES string of the molecule is COc1ccc(C(O)=C2C(=O)C(=O)N(CCN(C)C)[C@@H]2c2cccc(Cl)c2)cc1Cl. The van der Waals surface area contributed by atoms with Gasteiger partial charge in [-0.15, -0.1) is 0 Å². The Balaban J connectivity index is 2.16. The smallest absolute Gasteiger partial charge is 0.295 e. The Labute approximate surface area is 185 Å². The molecule has 0 unspecified atom stereocenters. The summed E-state index contributed by atoms with van der Waals surface area (Å²) in [5.74, 6) is -1.27. The number of rotatable bonds is 6. The number of ketones is 1. The summed E-state index contributed by atoms with van der Waals surface area (Å²) in [5.41, 5.74) is 0.960. The highest BCUT2D eigenvalue weighted by atomic mass is 35.5. The van der Waals surface area contributed by atoms with Crippen molar-refractivity contribution in [2.75, 3.05) is 34.3 Å². The highest BCUT2D eigenvalue weighted by Gasteiger charge is 2.46. The maximum Gasteiger partial charge on any atom is 0.295 e. The van der Waals surface area contributed by atoms with E-state index in [1.165, 1.54) is 18.1 Å². The Morgan fingerprint density at radius 3 is 2.50 bits per heavy atom. The summed E-state index contributed by atoms with van der Waals surface area (Å²) in [6.07, 6.45) is 0. The number of likely N-dealkylation sites (tertiary alicyclic amines) is 1. The normalized spacial score (nSPS) is 18.3. The number of hydrogen-bond donors (Lipinski definition) is 1. The highest BCUT2D eigenvalue weighted by molar-refractivity contribution is 6.46. The summed E-state index contributed by atoms with van der Waals surface area (Å²) in [6.45, 7) is 0.868. The average molecular weight is 449 g/mol. The quantitative estimate of drug-likeness (QED) is 0.411. The molecule has 0 spiro atoms. The van der Waals surface area contributed by atoms with Gasteiger partial charge in [-0.05, 0) is 50.0 Å². The lowest BCUT2D eigenvalue weighted by atomic mass is 9.95. The number of methoxy groups -OCH3 is 1. The van der Waals surface area contributed by atoms with Gasteiger partial charge in [0.15, 0.2) is 0 Å². The highest BCUT2D eigenvalue weighted by Crippen LogP contribution is 2.40. The summed E-state index contributed by atoms with van der Waals surface area (Å²) in [4.78, 5) is 29.1. The van der Waals surface area contributed by atoms with Gasteiger partial charge in [-0.3, -0.25) is 9.59 Å². The van der Waals surface area contributed by atoms with Gasteiger partial charge in [0, 0.05) is 23.7 Å². The zero-order chi connectivity index (χ0) is 22.0. The molecule has 1 fully saturated rings. The lowest BCUT2D eigenvalue weighted by Gasteiger charge is -2.26. The van der Waals surface area contributed by atoms with Crippen molar-refractivity contribution in [3.05, 3.63) is 69.2 Å². The number of carbonyl (C=O) groups is 2. The molecule has 6 nitrogen and oxygen atoms in total. The predicted molar refractivity (Wildman–Crippen MR) is 117 cm³/mol. The van der Waals surface area contributed by atoms with Crippen molar-refractivity contribution in [2.24, 2.45) is 0 Å². The van der Waals surface area contributed by atoms with E-state index in [9.17, 15) is 14.7 Å². The van der Waals surface area contributed by atoms with Crippen molar-refractivity contribution in [3.8, 4) is 5.75 Å². The van der Waals surface area contributed by atoms with Crippen LogP contribution in [0, 0.1) is 0 Å². The van der Waals surface area contributed by atoms with E-state index in [0.717, 1.165) is 0 Å². The van der Waals surface area contributed by atoms with Crippen molar-refractivity contribution in [2.45, 2.75) is 6.04 Å². The van der Waals surface area contributed by atoms with E-state index in [1.54, 1.807) is 36.4 Å². The average Bonchev–Trinajstić information content (AvgIpc) is 2.96. The Morgan fingerprint density at radius 1 is 1.17 bits per heavy atom. The second-order valence-electron chi connectivity index (χ2n) is 7.20. The van der Waals surface area contributed by atoms with E-state index in [1.807, 2.05) is 19.0 Å². The molecule has 1 atom stereocenters. The molecular weight excluding hydrogens is 427 g/mol. The largest absolute Gasteiger partial charge is 0.507 e. The van der Waals surface area contributed by atoms with Crippen molar-refractivity contribution in [1.82, 2.24) is 9.80 Å². The molecule has 2 aromatic carbocycles. The van der Waals surface area contributed by atoms with E-state index in [4.69, 9.17) is 27.9 Å². The van der Waals surface area contributed by atoms with Crippen LogP contribution in [0.1, 0.15) is 17.2 Å². The standard InChI is InChI=1S/C22H22Cl2N2O4/c1-25(2)9-10-26-19(13-5-4-6-15(23)11-13)18(21(28)22(26)29)20(27)14-7-8-17(30-3)16(24)12-14/h4-8,11-12,19,27H,9-10H2,1-3H3/t19-/m1/s1. The minimum Gasteiger partial charge on any atom is -0.507 e. The van der Waals surface area contributed by atoms with Gasteiger partial charge < -0.3 is 19.6 Å². The van der Waals surface area contributed by atoms with E-state index < -0.39 is 17.7 Å². The van der Waals surface area contributed by atoms with Crippen LogP contribution in [0.25, 0.3) is 5.76 Å². The van der Waals surface area contributed by atoms with Crippen LogP contribution in [0.5, 0.6) is 5.75 Å². The molecule has 2 aromatic rings. The van der Waals surface area contributed by atoms with Crippen LogP contribution < -0.4 is 4.74 Å². The fraction of sp³-hybridized carbons (Fsp3) is 0.273. The van der Waals surface area contributed by atoms with Crippen LogP contribution >= 0.6 is 23.2 Å². The minimum absolute atomic E-state index is 0.00209. The van der Waals surface area contributed by atoms with E-state index in [2.05, 4.69) is 0 Å². The molecule has 1 N–H and O–H groups in total. The number of benzene rings is 2. The Kier molecular flexibility index (Phi) is 6.71. The van der Waals surface area contributed by atoms with Crippen LogP contribution in [0.3, 0.4) is 0 Å². The molecule has 3 rings (SSSR count). The van der Waals surface area contributed by atoms with Gasteiger partial charge in [-0.25, -0.2) is 0 Å². The van der Waals surface area contributed by atoms with E-state index in [0.29, 0.717) is 35.0 Å². The maximum atomic E-state index is 12.9. The number of ether oxygens (including phenoxy) is 1. The van der Waals surface area contributed by atoms with Crippen LogP contribution in [-0.4, -0.2) is 60.9 Å². The zero-order valence-corrected chi connectivity index (χ0v) is 18.4. The number of hydrogen-bond acceptors (Lipinski definition) is 5. The van der Waals surface area contributed by atoms with E-state index in [-0.39, 0.29) is 16.4 Å². The number of nitrogens with zero attached hydrogens (tertiary/aromatic N) is 2. The van der Waals surface area contributed by atoms with Crippen LogP contribution in [0.4, 0.5) is 0 Å². The van der Waals surface area contributed by atoms with Crippen LogP contribution in [0.15, 0.2) is 48.0 Å². The fourth-order valence-corrected chi connectivity index (χ4v) is 3.87. The third-order valence-electron chi connectivity index (χ3n) is 4.92.